The van der Waals surface area contributed by atoms with Crippen molar-refractivity contribution >= 4 is 72.1 Å². The second-order valence-corrected chi connectivity index (χ2v) is 13.2. The number of nitrogens with zero attached hydrogens (tertiary/aromatic N) is 3. The van der Waals surface area contributed by atoms with E-state index in [-0.39, 0.29) is 74.3 Å². The molecular weight excluding hydrogens is 664 g/mol. The Morgan fingerprint density at radius 3 is 1.96 bits per heavy atom. The molecule has 0 spiro atoms. The zero-order valence-electron chi connectivity index (χ0n) is 24.5. The first-order valence-electron chi connectivity index (χ1n) is 13.3. The van der Waals surface area contributed by atoms with Crippen LogP contribution in [0.4, 0.5) is 28.7 Å². The summed E-state index contributed by atoms with van der Waals surface area (Å²) in [6.45, 7) is 6.20. The number of nitrogens with two attached hydrogens (primary N) is 1. The van der Waals surface area contributed by atoms with Crippen molar-refractivity contribution < 1.29 is 40.3 Å². The van der Waals surface area contributed by atoms with Crippen LogP contribution >= 0.6 is 11.6 Å². The van der Waals surface area contributed by atoms with Gasteiger partial charge in [0.15, 0.2) is 11.6 Å². The smallest absolute Gasteiger partial charge is 0.322 e. The number of ketones is 2. The summed E-state index contributed by atoms with van der Waals surface area (Å²) in [6, 6.07) is 6.56. The van der Waals surface area contributed by atoms with Crippen LogP contribution in [-0.4, -0.2) is 59.1 Å². The zero-order valence-corrected chi connectivity index (χ0v) is 26.8. The lowest BCUT2D eigenvalue weighted by molar-refractivity contribution is 0.0980. The van der Waals surface area contributed by atoms with Crippen molar-refractivity contribution in [2.45, 2.75) is 37.5 Å². The van der Waals surface area contributed by atoms with E-state index in [4.69, 9.17) is 22.1 Å². The molecule has 1 aliphatic carbocycles. The first-order valence-corrected chi connectivity index (χ1v) is 16.5. The van der Waals surface area contributed by atoms with Gasteiger partial charge in [0.1, 0.15) is 9.79 Å². The topological polar surface area (TPSA) is 241 Å². The molecule has 0 amide bonds. The highest BCUT2D eigenvalue weighted by Gasteiger charge is 2.37. The van der Waals surface area contributed by atoms with E-state index in [1.807, 2.05) is 0 Å². The van der Waals surface area contributed by atoms with E-state index < -0.39 is 52.8 Å². The first-order chi connectivity index (χ1) is 21.4. The second-order valence-electron chi connectivity index (χ2n) is 10.1. The third kappa shape index (κ3) is 5.62. The second kappa shape index (κ2) is 11.6. The fourth-order valence-electron chi connectivity index (χ4n) is 5.39. The van der Waals surface area contributed by atoms with Crippen LogP contribution < -0.4 is 21.1 Å². The third-order valence-electron chi connectivity index (χ3n) is 7.27. The number of nitrogens with one attached hydrogen (secondary N) is 2. The number of halogens is 1. The fraction of sp³-hybridized carbons (Fsp3) is 0.179. The van der Waals surface area contributed by atoms with E-state index in [1.54, 1.807) is 13.8 Å². The van der Waals surface area contributed by atoms with E-state index in [1.165, 1.54) is 38.1 Å². The number of carbonyl (C=O) groups is 2. The highest BCUT2D eigenvalue weighted by Crippen LogP contribution is 2.44. The Morgan fingerprint density at radius 2 is 1.41 bits per heavy atom. The van der Waals surface area contributed by atoms with Crippen molar-refractivity contribution in [3.05, 3.63) is 74.6 Å². The van der Waals surface area contributed by atoms with Gasteiger partial charge < -0.3 is 21.1 Å². The quantitative estimate of drug-likeness (QED) is 0.113. The van der Waals surface area contributed by atoms with Gasteiger partial charge in [0, 0.05) is 16.8 Å². The van der Waals surface area contributed by atoms with Crippen LogP contribution in [0.2, 0.25) is 5.28 Å². The largest absolute Gasteiger partial charge is 0.464 e. The lowest BCUT2D eigenvalue weighted by Gasteiger charge is -2.26. The van der Waals surface area contributed by atoms with Gasteiger partial charge in [0.25, 0.3) is 20.2 Å². The van der Waals surface area contributed by atoms with Crippen molar-refractivity contribution in [1.82, 2.24) is 15.0 Å². The van der Waals surface area contributed by atoms with Gasteiger partial charge in [0.05, 0.1) is 34.8 Å². The number of hydrogen-bond donors (Lipinski definition) is 5. The summed E-state index contributed by atoms with van der Waals surface area (Å²) >= 11 is 6.02. The lowest BCUT2D eigenvalue weighted by atomic mass is 9.82. The molecule has 240 valence electrons. The van der Waals surface area contributed by atoms with Crippen LogP contribution in [0.5, 0.6) is 6.01 Å². The number of hydrogen-bond acceptors (Lipinski definition) is 13. The Labute approximate surface area is 267 Å². The van der Waals surface area contributed by atoms with Gasteiger partial charge in [-0.2, -0.15) is 31.8 Å². The Balaban J connectivity index is 1.80. The number of anilines is 5. The van der Waals surface area contributed by atoms with E-state index >= 15 is 0 Å². The van der Waals surface area contributed by atoms with Gasteiger partial charge in [-0.05, 0) is 62.1 Å². The molecule has 1 heterocycles. The maximum atomic E-state index is 13.8. The maximum Gasteiger partial charge on any atom is 0.322 e. The molecule has 0 atom stereocenters. The summed E-state index contributed by atoms with van der Waals surface area (Å²) in [7, 11) is -9.96. The lowest BCUT2D eigenvalue weighted by Crippen LogP contribution is -2.25. The van der Waals surface area contributed by atoms with Gasteiger partial charge in [-0.3, -0.25) is 18.7 Å². The van der Waals surface area contributed by atoms with Crippen LogP contribution in [0.25, 0.3) is 0 Å². The van der Waals surface area contributed by atoms with Crippen molar-refractivity contribution in [2.24, 2.45) is 0 Å². The zero-order chi connectivity index (χ0) is 33.9. The molecule has 4 aromatic rings. The number of carbonyl (C=O) groups excluding carboxylic acids is 2. The summed E-state index contributed by atoms with van der Waals surface area (Å²) in [4.78, 5) is 37.9. The van der Waals surface area contributed by atoms with Crippen LogP contribution in [-0.2, 0) is 20.2 Å². The molecule has 5 rings (SSSR count). The molecule has 1 aliphatic rings. The van der Waals surface area contributed by atoms with E-state index in [9.17, 15) is 35.5 Å². The van der Waals surface area contributed by atoms with Crippen LogP contribution in [0, 0.1) is 20.8 Å². The van der Waals surface area contributed by atoms with E-state index in [2.05, 4.69) is 25.6 Å². The summed E-state index contributed by atoms with van der Waals surface area (Å²) < 4.78 is 75.7. The first kappa shape index (κ1) is 32.7. The van der Waals surface area contributed by atoms with Crippen molar-refractivity contribution in [3.8, 4) is 6.01 Å². The Bertz CT molecular complexity index is 2230. The summed E-state index contributed by atoms with van der Waals surface area (Å²) in [5.41, 5.74) is 4.63. The Morgan fingerprint density at radius 1 is 0.848 bits per heavy atom. The number of ether oxygens (including phenoxy) is 1. The molecule has 0 bridgehead atoms. The van der Waals surface area contributed by atoms with Gasteiger partial charge >= 0.3 is 6.01 Å². The standard InChI is InChI=1S/C28H25ClN6O9S2/c1-5-44-28-34-26(29)33-27(35-28)32-22-11(2)21(12(3)25(13(22)4)46(41,42)43)31-16-10-17(45(38,39)40)20(30)19-18(16)23(36)14-8-6-7-9-15(14)24(19)37/h6-10,31H,5,30H2,1-4H3,(H,38,39,40)(H,41,42,43)(H,32,33,34,35). The highest BCUT2D eigenvalue weighted by atomic mass is 35.5. The fourth-order valence-corrected chi connectivity index (χ4v) is 7.17. The molecule has 15 nitrogen and oxygen atoms in total. The van der Waals surface area contributed by atoms with Crippen molar-refractivity contribution in [3.63, 3.8) is 0 Å². The monoisotopic (exact) mass is 688 g/mol. The molecule has 1 aromatic heterocycles. The van der Waals surface area contributed by atoms with Gasteiger partial charge in [0.2, 0.25) is 11.2 Å². The van der Waals surface area contributed by atoms with Gasteiger partial charge in [-0.15, -0.1) is 0 Å². The van der Waals surface area contributed by atoms with Crippen molar-refractivity contribution in [1.29, 1.82) is 0 Å². The summed E-state index contributed by atoms with van der Waals surface area (Å²) in [5, 5.41) is 5.49. The summed E-state index contributed by atoms with van der Waals surface area (Å²) in [6.07, 6.45) is 0. The molecule has 0 saturated carbocycles. The molecule has 3 aromatic carbocycles. The highest BCUT2D eigenvalue weighted by molar-refractivity contribution is 7.86. The Kier molecular flexibility index (Phi) is 8.24. The minimum absolute atomic E-state index is 0.0113. The normalized spacial score (nSPS) is 12.8. The van der Waals surface area contributed by atoms with Crippen molar-refractivity contribution in [2.75, 3.05) is 23.0 Å². The van der Waals surface area contributed by atoms with Crippen LogP contribution in [0.3, 0.4) is 0 Å². The number of nitrogen functional groups attached to an aromatic ring is 1. The molecular formula is C28H25ClN6O9S2. The summed E-state index contributed by atoms with van der Waals surface area (Å²) in [5.74, 6) is -1.62. The third-order valence-corrected chi connectivity index (χ3v) is 9.47. The van der Waals surface area contributed by atoms with E-state index in [0.717, 1.165) is 6.07 Å². The molecule has 0 unspecified atom stereocenters. The molecule has 0 radical (unpaired) electrons. The molecule has 0 aliphatic heterocycles. The average Bonchev–Trinajstić information content (AvgIpc) is 2.95. The Hall–Kier alpha value is -4.68. The molecule has 0 fully saturated rings. The van der Waals surface area contributed by atoms with Gasteiger partial charge in [-0.1, -0.05) is 24.3 Å². The molecule has 46 heavy (non-hydrogen) atoms. The number of aromatic nitrogens is 3. The number of fused-ring (bicyclic) bond motifs is 2. The van der Waals surface area contributed by atoms with Gasteiger partial charge in [-0.25, -0.2) is 0 Å². The molecule has 0 saturated heterocycles. The SMILES string of the molecule is CCOc1nc(Cl)nc(Nc2c(C)c(Nc3cc(S(=O)(=O)O)c(N)c4c3C(=O)c3ccccc3C4=O)c(C)c(S(=O)(=O)O)c2C)n1. The van der Waals surface area contributed by atoms with E-state index in [0.29, 0.717) is 0 Å². The van der Waals surface area contributed by atoms with Crippen LogP contribution in [0.1, 0.15) is 55.5 Å². The molecule has 6 N–H and O–H groups in total. The predicted octanol–water partition coefficient (Wildman–Crippen LogP) is 4.19. The predicted molar refractivity (Wildman–Crippen MR) is 167 cm³/mol. The molecule has 18 heteroatoms. The maximum absolute atomic E-state index is 13.8. The minimum atomic E-state index is -5.04. The van der Waals surface area contributed by atoms with Crippen LogP contribution in [0.15, 0.2) is 40.1 Å². The minimum Gasteiger partial charge on any atom is -0.464 e. The average molecular weight is 689 g/mol. The number of rotatable bonds is 8. The number of benzene rings is 3.